The lowest BCUT2D eigenvalue weighted by Crippen LogP contribution is -2.44. The summed E-state index contributed by atoms with van der Waals surface area (Å²) in [5.41, 5.74) is -1.73. The molecule has 0 aliphatic carbocycles. The maximum Gasteiger partial charge on any atom is 0.350 e. The number of aliphatic hydroxyl groups is 2. The van der Waals surface area contributed by atoms with Crippen molar-refractivity contribution in [1.29, 1.82) is 0 Å². The average Bonchev–Trinajstić information content (AvgIpc) is 2.01. The van der Waals surface area contributed by atoms with Gasteiger partial charge in [-0.15, -0.1) is 0 Å². The van der Waals surface area contributed by atoms with E-state index in [1.807, 2.05) is 0 Å². The van der Waals surface area contributed by atoms with Crippen molar-refractivity contribution in [3.63, 3.8) is 0 Å². The SMILES string of the molecule is CC(O)(CO)CNS(=O)(=O)C(F)F. The minimum absolute atomic E-state index is 0.657. The van der Waals surface area contributed by atoms with Gasteiger partial charge in [0.05, 0.1) is 12.2 Å². The monoisotopic (exact) mass is 219 g/mol. The van der Waals surface area contributed by atoms with Crippen molar-refractivity contribution >= 4 is 10.0 Å². The number of nitrogens with one attached hydrogen (secondary N) is 1. The van der Waals surface area contributed by atoms with E-state index in [0.717, 1.165) is 6.92 Å². The number of hydrogen-bond acceptors (Lipinski definition) is 4. The van der Waals surface area contributed by atoms with Gasteiger partial charge in [-0.25, -0.2) is 13.1 Å². The molecule has 0 spiro atoms. The lowest BCUT2D eigenvalue weighted by atomic mass is 10.1. The van der Waals surface area contributed by atoms with Crippen molar-refractivity contribution in [2.75, 3.05) is 13.2 Å². The van der Waals surface area contributed by atoms with Gasteiger partial charge in [-0.05, 0) is 6.92 Å². The second kappa shape index (κ2) is 4.27. The van der Waals surface area contributed by atoms with E-state index in [9.17, 15) is 17.2 Å². The van der Waals surface area contributed by atoms with Gasteiger partial charge < -0.3 is 10.2 Å². The summed E-state index contributed by atoms with van der Waals surface area (Å²) in [6.45, 7) is -0.268. The summed E-state index contributed by atoms with van der Waals surface area (Å²) < 4.78 is 45.7. The topological polar surface area (TPSA) is 86.6 Å². The highest BCUT2D eigenvalue weighted by atomic mass is 32.2. The molecule has 0 fully saturated rings. The first-order chi connectivity index (χ1) is 5.71. The van der Waals surface area contributed by atoms with E-state index < -0.39 is 34.5 Å². The van der Waals surface area contributed by atoms with E-state index in [0.29, 0.717) is 0 Å². The lowest BCUT2D eigenvalue weighted by Gasteiger charge is -2.20. The van der Waals surface area contributed by atoms with Gasteiger partial charge >= 0.3 is 5.76 Å². The molecule has 0 aromatic heterocycles. The third-order valence-electron chi connectivity index (χ3n) is 1.23. The third kappa shape index (κ3) is 4.46. The Morgan fingerprint density at radius 2 is 2.00 bits per heavy atom. The third-order valence-corrected chi connectivity index (χ3v) is 2.25. The Hall–Kier alpha value is -0.310. The highest BCUT2D eigenvalue weighted by molar-refractivity contribution is 7.89. The molecule has 0 rings (SSSR count). The zero-order valence-electron chi connectivity index (χ0n) is 6.87. The first-order valence-electron chi connectivity index (χ1n) is 3.31. The summed E-state index contributed by atoms with van der Waals surface area (Å²) in [5, 5.41) is 17.5. The molecule has 0 saturated carbocycles. The van der Waals surface area contributed by atoms with Crippen LogP contribution in [0, 0.1) is 0 Å². The molecule has 0 radical (unpaired) electrons. The Morgan fingerprint density at radius 1 is 1.54 bits per heavy atom. The zero-order chi connectivity index (χ0) is 10.7. The number of alkyl halides is 2. The molecule has 5 nitrogen and oxygen atoms in total. The van der Waals surface area contributed by atoms with Crippen molar-refractivity contribution < 1.29 is 27.4 Å². The van der Waals surface area contributed by atoms with Crippen LogP contribution in [-0.2, 0) is 10.0 Å². The van der Waals surface area contributed by atoms with Crippen LogP contribution < -0.4 is 4.72 Å². The van der Waals surface area contributed by atoms with Gasteiger partial charge in [0, 0.05) is 6.54 Å². The normalized spacial score (nSPS) is 17.4. The van der Waals surface area contributed by atoms with Gasteiger partial charge in [-0.3, -0.25) is 0 Å². The summed E-state index contributed by atoms with van der Waals surface area (Å²) >= 11 is 0. The Morgan fingerprint density at radius 3 is 2.31 bits per heavy atom. The van der Waals surface area contributed by atoms with Gasteiger partial charge in [0.15, 0.2) is 0 Å². The van der Waals surface area contributed by atoms with Crippen LogP contribution in [0.1, 0.15) is 6.92 Å². The highest BCUT2D eigenvalue weighted by Crippen LogP contribution is 2.05. The molecular weight excluding hydrogens is 208 g/mol. The maximum absolute atomic E-state index is 11.7. The molecule has 1 atom stereocenters. The molecule has 0 saturated heterocycles. The van der Waals surface area contributed by atoms with E-state index in [1.165, 1.54) is 4.72 Å². The first kappa shape index (κ1) is 12.7. The molecule has 0 amide bonds. The summed E-state index contributed by atoms with van der Waals surface area (Å²) in [6.07, 6.45) is 0. The predicted molar refractivity (Wildman–Crippen MR) is 40.6 cm³/mol. The molecule has 8 heteroatoms. The lowest BCUT2D eigenvalue weighted by molar-refractivity contribution is 0.00653. The quantitative estimate of drug-likeness (QED) is 0.546. The number of aliphatic hydroxyl groups excluding tert-OH is 1. The fraction of sp³-hybridized carbons (Fsp3) is 1.00. The minimum Gasteiger partial charge on any atom is -0.393 e. The van der Waals surface area contributed by atoms with E-state index >= 15 is 0 Å². The van der Waals surface area contributed by atoms with Crippen molar-refractivity contribution in [2.24, 2.45) is 0 Å². The van der Waals surface area contributed by atoms with Crippen molar-refractivity contribution in [3.05, 3.63) is 0 Å². The van der Waals surface area contributed by atoms with Gasteiger partial charge in [0.25, 0.3) is 10.0 Å². The van der Waals surface area contributed by atoms with Crippen LogP contribution in [0.5, 0.6) is 0 Å². The van der Waals surface area contributed by atoms with Crippen LogP contribution in [0.3, 0.4) is 0 Å². The van der Waals surface area contributed by atoms with Gasteiger partial charge in [0.2, 0.25) is 0 Å². The summed E-state index contributed by atoms with van der Waals surface area (Å²) in [6, 6.07) is 0. The average molecular weight is 219 g/mol. The van der Waals surface area contributed by atoms with Crippen LogP contribution in [0.25, 0.3) is 0 Å². The molecule has 3 N–H and O–H groups in total. The molecule has 0 bridgehead atoms. The van der Waals surface area contributed by atoms with E-state index in [-0.39, 0.29) is 0 Å². The molecule has 1 unspecified atom stereocenters. The first-order valence-corrected chi connectivity index (χ1v) is 4.86. The smallest absolute Gasteiger partial charge is 0.350 e. The van der Waals surface area contributed by atoms with Crippen LogP contribution >= 0.6 is 0 Å². The Labute approximate surface area is 74.4 Å². The molecule has 0 aromatic rings. The van der Waals surface area contributed by atoms with Crippen molar-refractivity contribution in [3.8, 4) is 0 Å². The Bertz CT molecular complexity index is 251. The van der Waals surface area contributed by atoms with E-state index in [4.69, 9.17) is 10.2 Å². The number of halogens is 2. The summed E-state index contributed by atoms with van der Waals surface area (Å²) in [7, 11) is -4.70. The minimum atomic E-state index is -4.70. The van der Waals surface area contributed by atoms with Crippen LogP contribution in [0.2, 0.25) is 0 Å². The van der Waals surface area contributed by atoms with Crippen LogP contribution in [-0.4, -0.2) is 43.1 Å². The summed E-state index contributed by atoms with van der Waals surface area (Å²) in [5.74, 6) is -3.54. The molecule has 13 heavy (non-hydrogen) atoms. The second-order valence-electron chi connectivity index (χ2n) is 2.78. The molecular formula is C5H11F2NO4S. The maximum atomic E-state index is 11.7. The standard InChI is InChI=1S/C5H11F2NO4S/c1-5(10,3-9)2-8-13(11,12)4(6)7/h4,8-10H,2-3H2,1H3. The number of hydrogen-bond donors (Lipinski definition) is 3. The Balaban J connectivity index is 4.19. The fourth-order valence-corrected chi connectivity index (χ4v) is 1.01. The summed E-state index contributed by atoms with van der Waals surface area (Å²) in [4.78, 5) is 0. The Kier molecular flexibility index (Phi) is 4.17. The van der Waals surface area contributed by atoms with Crippen molar-refractivity contribution in [1.82, 2.24) is 4.72 Å². The molecule has 80 valence electrons. The van der Waals surface area contributed by atoms with Crippen molar-refractivity contribution in [2.45, 2.75) is 18.3 Å². The molecule has 0 heterocycles. The molecule has 0 aliphatic heterocycles. The molecule has 0 aromatic carbocycles. The van der Waals surface area contributed by atoms with Gasteiger partial charge in [-0.2, -0.15) is 8.78 Å². The van der Waals surface area contributed by atoms with Gasteiger partial charge in [-0.1, -0.05) is 0 Å². The predicted octanol–water partition coefficient (Wildman–Crippen LogP) is -1.13. The largest absolute Gasteiger partial charge is 0.393 e. The molecule has 0 aliphatic rings. The second-order valence-corrected chi connectivity index (χ2v) is 4.52. The van der Waals surface area contributed by atoms with E-state index in [1.54, 1.807) is 0 Å². The highest BCUT2D eigenvalue weighted by Gasteiger charge is 2.27. The zero-order valence-corrected chi connectivity index (χ0v) is 7.68. The van der Waals surface area contributed by atoms with Crippen LogP contribution in [0.15, 0.2) is 0 Å². The number of sulfonamides is 1. The number of rotatable bonds is 5. The van der Waals surface area contributed by atoms with Crippen LogP contribution in [0.4, 0.5) is 8.78 Å². The van der Waals surface area contributed by atoms with Gasteiger partial charge in [0.1, 0.15) is 0 Å². The van der Waals surface area contributed by atoms with E-state index in [2.05, 4.69) is 0 Å². The fourth-order valence-electron chi connectivity index (χ4n) is 0.375.